The second-order valence-corrected chi connectivity index (χ2v) is 5.53. The first-order valence-electron chi connectivity index (χ1n) is 7.67. The predicted octanol–water partition coefficient (Wildman–Crippen LogP) is 3.08. The highest BCUT2D eigenvalue weighted by molar-refractivity contribution is 5.79. The van der Waals surface area contributed by atoms with Crippen molar-refractivity contribution in [3.8, 4) is 5.75 Å². The molecule has 1 aromatic heterocycles. The molecule has 0 aliphatic heterocycles. The molecule has 23 heavy (non-hydrogen) atoms. The van der Waals surface area contributed by atoms with E-state index in [9.17, 15) is 0 Å². The number of hydrogen-bond acceptors (Lipinski definition) is 3. The van der Waals surface area contributed by atoms with Crippen LogP contribution in [-0.2, 0) is 13.1 Å². The van der Waals surface area contributed by atoms with Crippen molar-refractivity contribution >= 4 is 5.96 Å². The Hall–Kier alpha value is -2.43. The van der Waals surface area contributed by atoms with Crippen LogP contribution in [0.25, 0.3) is 0 Å². The van der Waals surface area contributed by atoms with Gasteiger partial charge in [0, 0.05) is 31.3 Å². The van der Waals surface area contributed by atoms with E-state index in [0.717, 1.165) is 34.4 Å². The van der Waals surface area contributed by atoms with E-state index in [4.69, 9.17) is 9.15 Å². The van der Waals surface area contributed by atoms with Gasteiger partial charge in [0.2, 0.25) is 0 Å². The van der Waals surface area contributed by atoms with Gasteiger partial charge >= 0.3 is 0 Å². The normalized spacial score (nSPS) is 11.4. The van der Waals surface area contributed by atoms with Crippen molar-refractivity contribution in [1.82, 2.24) is 10.6 Å². The Morgan fingerprint density at radius 2 is 1.78 bits per heavy atom. The largest absolute Gasteiger partial charge is 0.496 e. The summed E-state index contributed by atoms with van der Waals surface area (Å²) in [6.07, 6.45) is 0. The standard InChI is InChI=1S/C18H25N3O2/c1-12-6-7-15(17(8-12)22-5)10-20-18(19-4)21-11-16-9-13(2)23-14(16)3/h6-9H,10-11H2,1-5H3,(H2,19,20,21). The van der Waals surface area contributed by atoms with Crippen molar-refractivity contribution < 1.29 is 9.15 Å². The zero-order valence-electron chi connectivity index (χ0n) is 14.5. The second kappa shape index (κ2) is 7.72. The van der Waals surface area contributed by atoms with Crippen LogP contribution in [0.1, 0.15) is 28.2 Å². The van der Waals surface area contributed by atoms with Gasteiger partial charge in [-0.2, -0.15) is 0 Å². The number of aryl methyl sites for hydroxylation is 3. The first-order valence-corrected chi connectivity index (χ1v) is 7.67. The van der Waals surface area contributed by atoms with Gasteiger partial charge in [-0.25, -0.2) is 0 Å². The molecule has 2 aromatic rings. The third kappa shape index (κ3) is 4.52. The predicted molar refractivity (Wildman–Crippen MR) is 93.0 cm³/mol. The summed E-state index contributed by atoms with van der Waals surface area (Å²) in [7, 11) is 3.45. The van der Waals surface area contributed by atoms with Crippen molar-refractivity contribution in [3.05, 3.63) is 52.5 Å². The molecule has 0 aliphatic rings. The number of aliphatic imine (C=N–C) groups is 1. The van der Waals surface area contributed by atoms with E-state index >= 15 is 0 Å². The van der Waals surface area contributed by atoms with Gasteiger partial charge in [-0.1, -0.05) is 12.1 Å². The number of nitrogens with one attached hydrogen (secondary N) is 2. The van der Waals surface area contributed by atoms with Gasteiger partial charge in [-0.15, -0.1) is 0 Å². The smallest absolute Gasteiger partial charge is 0.191 e. The minimum Gasteiger partial charge on any atom is -0.496 e. The third-order valence-corrected chi connectivity index (χ3v) is 3.70. The number of guanidine groups is 1. The molecule has 0 fully saturated rings. The van der Waals surface area contributed by atoms with Gasteiger partial charge in [-0.3, -0.25) is 4.99 Å². The molecule has 0 atom stereocenters. The van der Waals surface area contributed by atoms with E-state index in [0.29, 0.717) is 13.1 Å². The molecule has 0 saturated carbocycles. The summed E-state index contributed by atoms with van der Waals surface area (Å²) in [5.74, 6) is 3.48. The molecular formula is C18H25N3O2. The first kappa shape index (κ1) is 16.9. The summed E-state index contributed by atoms with van der Waals surface area (Å²) in [6.45, 7) is 7.29. The molecule has 0 aliphatic carbocycles. The molecule has 0 radical (unpaired) electrons. The number of furan rings is 1. The topological polar surface area (TPSA) is 58.8 Å². The summed E-state index contributed by atoms with van der Waals surface area (Å²) in [6, 6.07) is 8.22. The molecule has 0 saturated heterocycles. The van der Waals surface area contributed by atoms with Gasteiger partial charge < -0.3 is 19.8 Å². The van der Waals surface area contributed by atoms with Crippen LogP contribution in [0.2, 0.25) is 0 Å². The highest BCUT2D eigenvalue weighted by Crippen LogP contribution is 2.19. The average molecular weight is 315 g/mol. The molecule has 0 unspecified atom stereocenters. The van der Waals surface area contributed by atoms with E-state index in [1.807, 2.05) is 26.0 Å². The maximum absolute atomic E-state index is 5.53. The Morgan fingerprint density at radius 3 is 2.35 bits per heavy atom. The lowest BCUT2D eigenvalue weighted by molar-refractivity contribution is 0.408. The number of hydrogen-bond donors (Lipinski definition) is 2. The monoisotopic (exact) mass is 315 g/mol. The first-order chi connectivity index (χ1) is 11.0. The summed E-state index contributed by atoms with van der Waals surface area (Å²) < 4.78 is 11.0. The lowest BCUT2D eigenvalue weighted by Gasteiger charge is -2.14. The van der Waals surface area contributed by atoms with Crippen LogP contribution in [0.5, 0.6) is 5.75 Å². The summed E-state index contributed by atoms with van der Waals surface area (Å²) >= 11 is 0. The molecule has 1 aromatic carbocycles. The van der Waals surface area contributed by atoms with E-state index in [1.165, 1.54) is 5.56 Å². The quantitative estimate of drug-likeness (QED) is 0.657. The Balaban J connectivity index is 1.94. The lowest BCUT2D eigenvalue weighted by Crippen LogP contribution is -2.36. The zero-order valence-corrected chi connectivity index (χ0v) is 14.5. The SMILES string of the molecule is CN=C(NCc1ccc(C)cc1OC)NCc1cc(C)oc1C. The van der Waals surface area contributed by atoms with E-state index < -0.39 is 0 Å². The maximum Gasteiger partial charge on any atom is 0.191 e. The molecule has 2 rings (SSSR count). The fourth-order valence-corrected chi connectivity index (χ4v) is 2.44. The molecule has 5 nitrogen and oxygen atoms in total. The summed E-state index contributed by atoms with van der Waals surface area (Å²) in [4.78, 5) is 4.25. The van der Waals surface area contributed by atoms with E-state index in [2.05, 4.69) is 34.7 Å². The van der Waals surface area contributed by atoms with Gasteiger partial charge in [-0.05, 0) is 38.5 Å². The minimum absolute atomic E-state index is 0.645. The number of nitrogens with zero attached hydrogens (tertiary/aromatic N) is 1. The number of ether oxygens (including phenoxy) is 1. The van der Waals surface area contributed by atoms with Gasteiger partial charge in [0.1, 0.15) is 17.3 Å². The van der Waals surface area contributed by atoms with Gasteiger partial charge in [0.25, 0.3) is 0 Å². The van der Waals surface area contributed by atoms with Gasteiger partial charge in [0.05, 0.1) is 7.11 Å². The number of rotatable bonds is 5. The lowest BCUT2D eigenvalue weighted by atomic mass is 10.1. The van der Waals surface area contributed by atoms with Crippen molar-refractivity contribution in [2.24, 2.45) is 4.99 Å². The van der Waals surface area contributed by atoms with Crippen LogP contribution in [0, 0.1) is 20.8 Å². The summed E-state index contributed by atoms with van der Waals surface area (Å²) in [5, 5.41) is 6.60. The zero-order chi connectivity index (χ0) is 16.8. The Bertz CT molecular complexity index is 690. The average Bonchev–Trinajstić information content (AvgIpc) is 2.86. The van der Waals surface area contributed by atoms with Crippen molar-refractivity contribution in [2.75, 3.05) is 14.2 Å². The Kier molecular flexibility index (Phi) is 5.68. The summed E-state index contributed by atoms with van der Waals surface area (Å²) in [5.41, 5.74) is 3.41. The van der Waals surface area contributed by atoms with Crippen LogP contribution in [0.4, 0.5) is 0 Å². The Morgan fingerprint density at radius 1 is 1.09 bits per heavy atom. The van der Waals surface area contributed by atoms with Crippen molar-refractivity contribution in [1.29, 1.82) is 0 Å². The van der Waals surface area contributed by atoms with Crippen LogP contribution >= 0.6 is 0 Å². The second-order valence-electron chi connectivity index (χ2n) is 5.53. The molecule has 2 N–H and O–H groups in total. The fourth-order valence-electron chi connectivity index (χ4n) is 2.44. The van der Waals surface area contributed by atoms with E-state index in [1.54, 1.807) is 14.2 Å². The maximum atomic E-state index is 5.53. The van der Waals surface area contributed by atoms with Crippen LogP contribution in [-0.4, -0.2) is 20.1 Å². The molecular weight excluding hydrogens is 290 g/mol. The van der Waals surface area contributed by atoms with Crippen LogP contribution in [0.15, 0.2) is 33.7 Å². The third-order valence-electron chi connectivity index (χ3n) is 3.70. The highest BCUT2D eigenvalue weighted by atomic mass is 16.5. The molecule has 5 heteroatoms. The van der Waals surface area contributed by atoms with Crippen molar-refractivity contribution in [3.63, 3.8) is 0 Å². The Labute approximate surface area is 137 Å². The van der Waals surface area contributed by atoms with Crippen LogP contribution < -0.4 is 15.4 Å². The molecule has 0 bridgehead atoms. The highest BCUT2D eigenvalue weighted by Gasteiger charge is 2.07. The molecule has 0 amide bonds. The molecule has 1 heterocycles. The number of benzene rings is 1. The van der Waals surface area contributed by atoms with E-state index in [-0.39, 0.29) is 0 Å². The van der Waals surface area contributed by atoms with Crippen LogP contribution in [0.3, 0.4) is 0 Å². The molecule has 0 spiro atoms. The van der Waals surface area contributed by atoms with Crippen molar-refractivity contribution in [2.45, 2.75) is 33.9 Å². The molecule has 124 valence electrons. The minimum atomic E-state index is 0.645. The fraction of sp³-hybridized carbons (Fsp3) is 0.389. The number of methoxy groups -OCH3 is 1. The van der Waals surface area contributed by atoms with Gasteiger partial charge in [0.15, 0.2) is 5.96 Å².